The molecule has 3 aromatic rings. The van der Waals surface area contributed by atoms with Crippen LogP contribution < -0.4 is 20.1 Å². The maximum atomic E-state index is 12.5. The molecule has 0 aromatic heterocycles. The number of amides is 1. The van der Waals surface area contributed by atoms with Crippen LogP contribution in [0.1, 0.15) is 46.6 Å². The fourth-order valence-corrected chi connectivity index (χ4v) is 3.82. The van der Waals surface area contributed by atoms with Crippen LogP contribution in [0, 0.1) is 5.41 Å². The smallest absolute Gasteiger partial charge is 0.407 e. The molecule has 0 aliphatic carbocycles. The molecule has 3 N–H and O–H groups in total. The van der Waals surface area contributed by atoms with Crippen molar-refractivity contribution in [3.63, 3.8) is 0 Å². The fourth-order valence-electron chi connectivity index (χ4n) is 3.82. The van der Waals surface area contributed by atoms with Crippen molar-refractivity contribution in [2.24, 2.45) is 5.41 Å². The van der Waals surface area contributed by atoms with Gasteiger partial charge in [-0.3, -0.25) is 0 Å². The summed E-state index contributed by atoms with van der Waals surface area (Å²) in [5.41, 5.74) is 0.846. The maximum Gasteiger partial charge on any atom is 0.407 e. The van der Waals surface area contributed by atoms with Crippen molar-refractivity contribution in [2.75, 3.05) is 18.5 Å². The third kappa shape index (κ3) is 9.63. The molecule has 0 radical (unpaired) electrons. The van der Waals surface area contributed by atoms with E-state index >= 15 is 0 Å². The summed E-state index contributed by atoms with van der Waals surface area (Å²) >= 11 is 0. The quantitative estimate of drug-likeness (QED) is 0.244. The van der Waals surface area contributed by atoms with Gasteiger partial charge in [0.2, 0.25) is 0 Å². The highest BCUT2D eigenvalue weighted by Gasteiger charge is 2.26. The topological polar surface area (TPSA) is 89.0 Å². The van der Waals surface area contributed by atoms with Gasteiger partial charge in [0.25, 0.3) is 0 Å². The Bertz CT molecular complexity index is 1160. The number of anilines is 1. The highest BCUT2D eigenvalue weighted by atomic mass is 16.6. The summed E-state index contributed by atoms with van der Waals surface area (Å²) < 4.78 is 17.8. The zero-order valence-corrected chi connectivity index (χ0v) is 23.0. The molecule has 7 heteroatoms. The second-order valence-corrected chi connectivity index (χ2v) is 11.1. The Morgan fingerprint density at radius 1 is 0.842 bits per heavy atom. The fraction of sp³-hybridized carbons (Fsp3) is 0.387. The van der Waals surface area contributed by atoms with Crippen molar-refractivity contribution in [3.05, 3.63) is 84.4 Å². The molecule has 0 aliphatic heterocycles. The monoisotopic (exact) mass is 520 g/mol. The summed E-state index contributed by atoms with van der Waals surface area (Å²) in [6.07, 6.45) is 0.0571. The van der Waals surface area contributed by atoms with E-state index < -0.39 is 11.7 Å². The molecule has 0 fully saturated rings. The minimum absolute atomic E-state index is 0.00103. The lowest BCUT2D eigenvalue weighted by Crippen LogP contribution is -2.45. The first-order valence-electron chi connectivity index (χ1n) is 12.9. The number of hydrogen-bond donors (Lipinski definition) is 3. The minimum atomic E-state index is -0.606. The Hall–Kier alpha value is -3.71. The Morgan fingerprint density at radius 2 is 1.45 bits per heavy atom. The average molecular weight is 521 g/mol. The molecule has 1 atom stereocenters. The molecule has 7 nitrogen and oxygen atoms in total. The number of ether oxygens (including phenoxy) is 3. The van der Waals surface area contributed by atoms with Crippen molar-refractivity contribution in [2.45, 2.75) is 59.3 Å². The van der Waals surface area contributed by atoms with E-state index in [0.29, 0.717) is 36.8 Å². The van der Waals surface area contributed by atoms with E-state index in [1.807, 2.05) is 113 Å². The van der Waals surface area contributed by atoms with Crippen molar-refractivity contribution >= 4 is 11.8 Å². The van der Waals surface area contributed by atoms with Gasteiger partial charge < -0.3 is 30.0 Å². The molecule has 0 heterocycles. The summed E-state index contributed by atoms with van der Waals surface area (Å²) in [6.45, 7) is 10.2. The summed E-state index contributed by atoms with van der Waals surface area (Å²) in [4.78, 5) is 12.5. The Morgan fingerprint density at radius 3 is 2.11 bits per heavy atom. The van der Waals surface area contributed by atoms with Crippen LogP contribution in [0.5, 0.6) is 17.2 Å². The van der Waals surface area contributed by atoms with Crippen LogP contribution in [0.4, 0.5) is 10.5 Å². The van der Waals surface area contributed by atoms with Gasteiger partial charge in [0.05, 0.1) is 11.7 Å². The van der Waals surface area contributed by atoms with Gasteiger partial charge in [-0.15, -0.1) is 0 Å². The molecular weight excluding hydrogens is 480 g/mol. The first-order chi connectivity index (χ1) is 18.0. The van der Waals surface area contributed by atoms with E-state index in [9.17, 15) is 9.90 Å². The standard InChI is InChI=1S/C31H40N2O5/c1-30(2,3)38-29(35)33-24(19-31(4,5)22-34)20-32-25-15-9-10-16-26(25)37-28-18-12-11-17-27(28)36-21-23-13-7-6-8-14-23/h6-18,24,32,34H,19-22H2,1-5H3,(H,33,35)/t24-/m0/s1. The molecule has 204 valence electrons. The van der Waals surface area contributed by atoms with Crippen molar-refractivity contribution < 1.29 is 24.1 Å². The largest absolute Gasteiger partial charge is 0.485 e. The van der Waals surface area contributed by atoms with E-state index in [2.05, 4.69) is 10.6 Å². The lowest BCUT2D eigenvalue weighted by atomic mass is 9.86. The van der Waals surface area contributed by atoms with Crippen LogP contribution in [0.3, 0.4) is 0 Å². The molecule has 0 bridgehead atoms. The first kappa shape index (κ1) is 28.9. The highest BCUT2D eigenvalue weighted by molar-refractivity contribution is 5.68. The SMILES string of the molecule is CC(C)(CO)C[C@@H](CNc1ccccc1Oc1ccccc1OCc1ccccc1)NC(=O)OC(C)(C)C. The van der Waals surface area contributed by atoms with E-state index in [0.717, 1.165) is 11.3 Å². The summed E-state index contributed by atoms with van der Waals surface area (Å²) in [5, 5.41) is 16.2. The van der Waals surface area contributed by atoms with Crippen molar-refractivity contribution in [1.29, 1.82) is 0 Å². The molecule has 1 amide bonds. The predicted molar refractivity (Wildman–Crippen MR) is 151 cm³/mol. The van der Waals surface area contributed by atoms with E-state index in [1.165, 1.54) is 0 Å². The van der Waals surface area contributed by atoms with Gasteiger partial charge in [0.15, 0.2) is 17.2 Å². The third-order valence-corrected chi connectivity index (χ3v) is 5.68. The highest BCUT2D eigenvalue weighted by Crippen LogP contribution is 2.35. The number of benzene rings is 3. The second-order valence-electron chi connectivity index (χ2n) is 11.1. The summed E-state index contributed by atoms with van der Waals surface area (Å²) in [7, 11) is 0. The van der Waals surface area contributed by atoms with Gasteiger partial charge in [0, 0.05) is 13.2 Å². The number of rotatable bonds is 12. The van der Waals surface area contributed by atoms with E-state index in [-0.39, 0.29) is 18.1 Å². The molecule has 0 saturated carbocycles. The summed E-state index contributed by atoms with van der Waals surface area (Å²) in [6, 6.07) is 24.9. The van der Waals surface area contributed by atoms with Gasteiger partial charge in [-0.1, -0.05) is 68.4 Å². The van der Waals surface area contributed by atoms with Gasteiger partial charge in [-0.25, -0.2) is 4.79 Å². The third-order valence-electron chi connectivity index (χ3n) is 5.68. The van der Waals surface area contributed by atoms with E-state index in [4.69, 9.17) is 14.2 Å². The van der Waals surface area contributed by atoms with Crippen LogP contribution in [-0.4, -0.2) is 36.0 Å². The van der Waals surface area contributed by atoms with Gasteiger partial charge >= 0.3 is 6.09 Å². The Kier molecular flexibility index (Phi) is 10.0. The normalized spacial score (nSPS) is 12.4. The van der Waals surface area contributed by atoms with Crippen LogP contribution in [-0.2, 0) is 11.3 Å². The molecule has 0 aliphatic rings. The maximum absolute atomic E-state index is 12.5. The number of aliphatic hydroxyl groups is 1. The first-order valence-corrected chi connectivity index (χ1v) is 12.9. The number of alkyl carbamates (subject to hydrolysis) is 1. The number of aliphatic hydroxyl groups excluding tert-OH is 1. The molecule has 3 rings (SSSR count). The Balaban J connectivity index is 1.72. The van der Waals surface area contributed by atoms with Crippen molar-refractivity contribution in [3.8, 4) is 17.2 Å². The lowest BCUT2D eigenvalue weighted by Gasteiger charge is -2.30. The van der Waals surface area contributed by atoms with Gasteiger partial charge in [-0.05, 0) is 62.4 Å². The number of para-hydroxylation sites is 4. The van der Waals surface area contributed by atoms with Crippen LogP contribution in [0.15, 0.2) is 78.9 Å². The van der Waals surface area contributed by atoms with Crippen LogP contribution >= 0.6 is 0 Å². The molecule has 38 heavy (non-hydrogen) atoms. The van der Waals surface area contributed by atoms with Gasteiger partial charge in [-0.2, -0.15) is 0 Å². The molecule has 0 unspecified atom stereocenters. The number of carbonyl (C=O) groups is 1. The zero-order chi connectivity index (χ0) is 27.6. The average Bonchev–Trinajstić information content (AvgIpc) is 2.87. The van der Waals surface area contributed by atoms with Gasteiger partial charge in [0.1, 0.15) is 12.2 Å². The van der Waals surface area contributed by atoms with Crippen molar-refractivity contribution in [1.82, 2.24) is 5.32 Å². The predicted octanol–water partition coefficient (Wildman–Crippen LogP) is 6.77. The Labute approximate surface area is 226 Å². The summed E-state index contributed by atoms with van der Waals surface area (Å²) in [5.74, 6) is 1.86. The number of carbonyl (C=O) groups excluding carboxylic acids is 1. The number of nitrogens with one attached hydrogen (secondary N) is 2. The van der Waals surface area contributed by atoms with Crippen LogP contribution in [0.2, 0.25) is 0 Å². The second kappa shape index (κ2) is 13.2. The molecular formula is C31H40N2O5. The zero-order valence-electron chi connectivity index (χ0n) is 23.0. The molecule has 3 aromatic carbocycles. The minimum Gasteiger partial charge on any atom is -0.485 e. The molecule has 0 saturated heterocycles. The lowest BCUT2D eigenvalue weighted by molar-refractivity contribution is 0.0482. The molecule has 0 spiro atoms. The number of hydrogen-bond acceptors (Lipinski definition) is 6. The van der Waals surface area contributed by atoms with E-state index in [1.54, 1.807) is 0 Å². The van der Waals surface area contributed by atoms with Crippen LogP contribution in [0.25, 0.3) is 0 Å².